The van der Waals surface area contributed by atoms with Gasteiger partial charge in [0.05, 0.1) is 0 Å². The summed E-state index contributed by atoms with van der Waals surface area (Å²) < 4.78 is 0. The second kappa shape index (κ2) is 11.6. The molecule has 0 rings (SSSR count). The SMILES string of the molecule is CCC[CH2][Al-]([CH3])([CH2]CCC)[CH2]CCC.[Li+]. The van der Waals surface area contributed by atoms with Crippen LogP contribution in [-0.4, -0.2) is 13.1 Å². The minimum atomic E-state index is -1.11. The van der Waals surface area contributed by atoms with Gasteiger partial charge in [-0.3, -0.25) is 0 Å². The van der Waals surface area contributed by atoms with E-state index in [-0.39, 0.29) is 18.9 Å². The Morgan fingerprint density at radius 2 is 0.933 bits per heavy atom. The van der Waals surface area contributed by atoms with Gasteiger partial charge in [0.25, 0.3) is 0 Å². The van der Waals surface area contributed by atoms with Crippen LogP contribution in [0.3, 0.4) is 0 Å². The van der Waals surface area contributed by atoms with E-state index >= 15 is 0 Å². The van der Waals surface area contributed by atoms with E-state index in [1.165, 1.54) is 38.5 Å². The molecule has 0 aromatic heterocycles. The molecule has 15 heavy (non-hydrogen) atoms. The van der Waals surface area contributed by atoms with Crippen LogP contribution < -0.4 is 18.9 Å². The molecule has 0 amide bonds. The molecule has 0 aromatic rings. The van der Waals surface area contributed by atoms with Gasteiger partial charge in [-0.15, -0.1) is 0 Å². The van der Waals surface area contributed by atoms with Gasteiger partial charge in [-0.2, -0.15) is 15.8 Å². The predicted molar refractivity (Wildman–Crippen MR) is 70.8 cm³/mol. The molecule has 2 heteroatoms. The molecule has 0 saturated carbocycles. The minimum absolute atomic E-state index is 0. The van der Waals surface area contributed by atoms with Crippen molar-refractivity contribution in [3.05, 3.63) is 0 Å². The van der Waals surface area contributed by atoms with Crippen LogP contribution in [0.5, 0.6) is 0 Å². The number of hydrogen-bond donors (Lipinski definition) is 0. The van der Waals surface area contributed by atoms with Crippen LogP contribution in [0.2, 0.25) is 21.6 Å². The summed E-state index contributed by atoms with van der Waals surface area (Å²) in [4.78, 5) is 0. The van der Waals surface area contributed by atoms with Crippen molar-refractivity contribution >= 4 is 13.1 Å². The molecule has 0 heterocycles. The molecule has 0 fully saturated rings. The predicted octanol–water partition coefficient (Wildman–Crippen LogP) is 2.47. The smallest absolute Gasteiger partial charge is 0.203 e. The standard InChI is InChI=1S/3C4H9.CH3.Al.Li/c3*1-3-4-2;;;/h3*1,3-4H2,2H3;1H3;;/q;;;;-1;+1. The summed E-state index contributed by atoms with van der Waals surface area (Å²) >= 11 is -1.11. The van der Waals surface area contributed by atoms with E-state index in [2.05, 4.69) is 26.6 Å². The van der Waals surface area contributed by atoms with Gasteiger partial charge in [-0.25, -0.2) is 5.79 Å². The van der Waals surface area contributed by atoms with Gasteiger partial charge in [0.1, 0.15) is 13.1 Å². The molecule has 0 radical (unpaired) electrons. The van der Waals surface area contributed by atoms with Crippen molar-refractivity contribution in [2.45, 2.75) is 80.9 Å². The molecule has 0 aliphatic heterocycles. The molecule has 0 nitrogen and oxygen atoms in total. The Morgan fingerprint density at radius 1 is 0.667 bits per heavy atom. The maximum absolute atomic E-state index is 2.67. The molecule has 0 bridgehead atoms. The summed E-state index contributed by atoms with van der Waals surface area (Å²) in [5.41, 5.74) is 0. The molecule has 0 aliphatic rings. The third-order valence-electron chi connectivity index (χ3n) is 3.76. The first-order valence-electron chi connectivity index (χ1n) is 6.92. The summed E-state index contributed by atoms with van der Waals surface area (Å²) in [5.74, 6) is 2.67. The average Bonchev–Trinajstić information content (AvgIpc) is 2.21. The van der Waals surface area contributed by atoms with Crippen LogP contribution in [0.25, 0.3) is 0 Å². The minimum Gasteiger partial charge on any atom is -0.203 e. The van der Waals surface area contributed by atoms with E-state index in [0.29, 0.717) is 0 Å². The van der Waals surface area contributed by atoms with E-state index in [9.17, 15) is 0 Å². The van der Waals surface area contributed by atoms with Crippen molar-refractivity contribution in [2.75, 3.05) is 0 Å². The van der Waals surface area contributed by atoms with E-state index in [0.717, 1.165) is 0 Å². The van der Waals surface area contributed by atoms with Crippen LogP contribution >= 0.6 is 0 Å². The van der Waals surface area contributed by atoms with E-state index in [1.54, 1.807) is 15.8 Å². The fourth-order valence-electron chi connectivity index (χ4n) is 2.52. The number of rotatable bonds is 9. The Balaban J connectivity index is 0. The zero-order valence-corrected chi connectivity index (χ0v) is 13.1. The average molecular weight is 220 g/mol. The summed E-state index contributed by atoms with van der Waals surface area (Å²) in [5, 5.41) is 4.84. The van der Waals surface area contributed by atoms with Gasteiger partial charge in [0.15, 0.2) is 0 Å². The van der Waals surface area contributed by atoms with Gasteiger partial charge < -0.3 is 0 Å². The third kappa shape index (κ3) is 10.0. The van der Waals surface area contributed by atoms with Crippen molar-refractivity contribution in [3.8, 4) is 0 Å². The van der Waals surface area contributed by atoms with E-state index < -0.39 is 13.1 Å². The van der Waals surface area contributed by atoms with Gasteiger partial charge in [-0.05, 0) is 0 Å². The fraction of sp³-hybridized carbons (Fsp3) is 1.00. The third-order valence-corrected chi connectivity index (χ3v) is 9.17. The van der Waals surface area contributed by atoms with Crippen molar-refractivity contribution in [2.24, 2.45) is 0 Å². The Kier molecular flexibility index (Phi) is 14.3. The monoisotopic (exact) mass is 220 g/mol. The molecule has 86 valence electrons. The maximum atomic E-state index is 2.67. The first-order chi connectivity index (χ1) is 6.68. The first-order valence-corrected chi connectivity index (χ1v) is 10.5. The van der Waals surface area contributed by atoms with E-state index in [4.69, 9.17) is 0 Å². The molecule has 0 saturated heterocycles. The quantitative estimate of drug-likeness (QED) is 0.524. The Morgan fingerprint density at radius 3 is 1.13 bits per heavy atom. The molecule has 0 unspecified atom stereocenters. The summed E-state index contributed by atoms with van der Waals surface area (Å²) in [6.45, 7) is 7.00. The summed E-state index contributed by atoms with van der Waals surface area (Å²) in [6.07, 6.45) is 8.67. The molecule has 0 N–H and O–H groups in total. The van der Waals surface area contributed by atoms with Gasteiger partial charge >= 0.3 is 18.9 Å². The summed E-state index contributed by atoms with van der Waals surface area (Å²) in [6, 6.07) is 0. The normalized spacial score (nSPS) is 11.2. The van der Waals surface area contributed by atoms with Crippen molar-refractivity contribution in [3.63, 3.8) is 0 Å². The van der Waals surface area contributed by atoms with Crippen molar-refractivity contribution in [1.29, 1.82) is 0 Å². The van der Waals surface area contributed by atoms with E-state index in [1.807, 2.05) is 0 Å². The number of unbranched alkanes of at least 4 members (excludes halogenated alkanes) is 3. The van der Waals surface area contributed by atoms with Crippen LogP contribution in [0, 0.1) is 0 Å². The largest absolute Gasteiger partial charge is 1.00 e. The van der Waals surface area contributed by atoms with Gasteiger partial charge in [-0.1, -0.05) is 59.3 Å². The fourth-order valence-corrected chi connectivity index (χ4v) is 7.57. The zero-order chi connectivity index (χ0) is 10.9. The Bertz CT molecular complexity index is 104. The first kappa shape index (κ1) is 18.5. The molecule has 0 aliphatic carbocycles. The Labute approximate surface area is 112 Å². The molecule has 0 aromatic carbocycles. The molecule has 0 atom stereocenters. The van der Waals surface area contributed by atoms with Gasteiger partial charge in [0.2, 0.25) is 0 Å². The molecular formula is C13H30AlLi. The van der Waals surface area contributed by atoms with Crippen LogP contribution in [0.1, 0.15) is 59.3 Å². The second-order valence-electron chi connectivity index (χ2n) is 5.52. The van der Waals surface area contributed by atoms with Crippen LogP contribution in [-0.2, 0) is 0 Å². The van der Waals surface area contributed by atoms with Crippen molar-refractivity contribution in [1.82, 2.24) is 0 Å². The number of hydrogen-bond acceptors (Lipinski definition) is 0. The van der Waals surface area contributed by atoms with Crippen LogP contribution in [0.15, 0.2) is 0 Å². The summed E-state index contributed by atoms with van der Waals surface area (Å²) in [7, 11) is 0. The van der Waals surface area contributed by atoms with Gasteiger partial charge in [0, 0.05) is 0 Å². The molecular weight excluding hydrogens is 190 g/mol. The Hall–Kier alpha value is 1.13. The van der Waals surface area contributed by atoms with Crippen molar-refractivity contribution < 1.29 is 18.9 Å². The maximum Gasteiger partial charge on any atom is 1.00 e. The molecule has 0 spiro atoms. The second-order valence-corrected chi connectivity index (χ2v) is 11.4. The zero-order valence-electron chi connectivity index (χ0n) is 11.9. The van der Waals surface area contributed by atoms with Crippen LogP contribution in [0.4, 0.5) is 0 Å². The topological polar surface area (TPSA) is 0 Å².